The number of rotatable bonds is 20. The second kappa shape index (κ2) is 23.5. The summed E-state index contributed by atoms with van der Waals surface area (Å²) in [6.07, 6.45) is 19.3. The molecule has 11 heteroatoms. The van der Waals surface area contributed by atoms with Crippen LogP contribution in [0.1, 0.15) is 184 Å². The number of aliphatic hydroxyl groups is 1. The summed E-state index contributed by atoms with van der Waals surface area (Å²) in [7, 11) is 1.33. The Balaban J connectivity index is 0.00000817. The van der Waals surface area contributed by atoms with Gasteiger partial charge in [-0.1, -0.05) is 146 Å². The van der Waals surface area contributed by atoms with Crippen LogP contribution in [0.25, 0.3) is 34.4 Å². The zero-order chi connectivity index (χ0) is 47.3. The quantitative estimate of drug-likeness (QED) is 0.0598. The van der Waals surface area contributed by atoms with Crippen LogP contribution in [0.15, 0.2) is 34.3 Å². The van der Waals surface area contributed by atoms with E-state index in [0.29, 0.717) is 51.1 Å². The topological polar surface area (TPSA) is 146 Å². The minimum atomic E-state index is -1.18. The molecule has 0 aromatic carbocycles. The minimum Gasteiger partial charge on any atom is -0.681 e. The first-order valence-electron chi connectivity index (χ1n) is 24.7. The molecule has 5 heterocycles. The Hall–Kier alpha value is -3.80. The fraction of sp³-hybridized carbons (Fsp3) is 0.618. The largest absolute Gasteiger partial charge is 2.00 e. The van der Waals surface area contributed by atoms with Gasteiger partial charge in [0.1, 0.15) is 12.5 Å². The number of ketones is 1. The molecular formula is C55H76MgN4O6-2. The standard InChI is InChI=1S/C55H77N4O6.Mg/c1-13-39-34(7)41-29-46-48(38(11)60)36(9)43(57-46)27-42-35(8)40(52(58-42)50-51(55(63)64-12)54(62)49-37(10)44(59-53(49)50)28-45(39)56-41)23-24-47(61)65-26-25-33(6)22-16-21-32(5)20-15-19-31(4)18-14-17-30(2)3;/h25,27-32,34-35,40,51-52,54,62H,13-24,26H2,1-12H3,(H-,56,57,60);/q-3;+2/p-1/b33-25+,42-27-,44-28-;/t31-,32-,34-,35+,40+,51-,52?,54?;/m1./s1. The molecule has 0 amide bonds. The number of carbonyl (C=O) groups excluding carboxylic acids is 3. The average molecular weight is 914 g/mol. The van der Waals surface area contributed by atoms with Gasteiger partial charge in [-0.3, -0.25) is 14.4 Å². The molecule has 8 bridgehead atoms. The van der Waals surface area contributed by atoms with E-state index in [4.69, 9.17) is 30.1 Å². The zero-order valence-corrected chi connectivity index (χ0v) is 43.6. The van der Waals surface area contributed by atoms with Crippen LogP contribution in [0, 0.1) is 55.3 Å². The molecule has 1 N–H and O–H groups in total. The van der Waals surface area contributed by atoms with Gasteiger partial charge in [-0.2, -0.15) is 11.4 Å². The van der Waals surface area contributed by atoms with Gasteiger partial charge in [0.2, 0.25) is 0 Å². The van der Waals surface area contributed by atoms with Crippen molar-refractivity contribution in [3.8, 4) is 0 Å². The molecule has 1 fully saturated rings. The Morgan fingerprint density at radius 3 is 2.14 bits per heavy atom. The number of esters is 2. The van der Waals surface area contributed by atoms with Crippen molar-refractivity contribution in [2.45, 2.75) is 165 Å². The van der Waals surface area contributed by atoms with Gasteiger partial charge in [0.05, 0.1) is 13.2 Å². The van der Waals surface area contributed by atoms with E-state index >= 15 is 0 Å². The van der Waals surface area contributed by atoms with Crippen molar-refractivity contribution >= 4 is 64.6 Å². The maximum atomic E-state index is 13.7. The molecule has 66 heavy (non-hydrogen) atoms. The van der Waals surface area contributed by atoms with Crippen molar-refractivity contribution in [2.24, 2.45) is 41.4 Å². The summed E-state index contributed by atoms with van der Waals surface area (Å²) in [6, 6.07) is -0.600. The molecule has 2 aromatic heterocycles. The SMILES string of the molecule is CCC1=C2/C=c3\[n-]c4c(c3C)C(O)[C@H](C(=O)OC)C=4C3[N-]/C(=C\c4[n-]c(c(C(C)=O)c4C)/C=C(\[N-]2)[C@@H]1C)[C@@H](C)[C@@H]3CCC(=O)OC/C=C(\C)CCC[C@H](C)CCC[C@H](C)CCCC(C)C.[Mg+2]. The monoisotopic (exact) mass is 913 g/mol. The normalized spacial score (nSPS) is 25.2. The van der Waals surface area contributed by atoms with E-state index < -0.39 is 24.0 Å². The van der Waals surface area contributed by atoms with Gasteiger partial charge in [-0.05, 0) is 101 Å². The Labute approximate surface area is 411 Å². The first-order chi connectivity index (χ1) is 30.9. The molecule has 6 rings (SSSR count). The van der Waals surface area contributed by atoms with E-state index in [1.807, 2.05) is 38.2 Å². The summed E-state index contributed by atoms with van der Waals surface area (Å²) in [5.41, 5.74) is 9.21. The number of Topliss-reactive ketones (excluding diaryl/α,β-unsaturated/α-hetero) is 1. The van der Waals surface area contributed by atoms with Gasteiger partial charge in [-0.25, -0.2) is 0 Å². The summed E-state index contributed by atoms with van der Waals surface area (Å²) in [5, 5.41) is 23.6. The molecule has 356 valence electrons. The molecule has 0 spiro atoms. The third kappa shape index (κ3) is 11.9. The van der Waals surface area contributed by atoms with Crippen LogP contribution in [0.5, 0.6) is 0 Å². The molecule has 8 atom stereocenters. The van der Waals surface area contributed by atoms with Crippen molar-refractivity contribution in [2.75, 3.05) is 13.7 Å². The van der Waals surface area contributed by atoms with E-state index in [0.717, 1.165) is 64.9 Å². The number of hydrogen-bond donors (Lipinski definition) is 1. The smallest absolute Gasteiger partial charge is 0.681 e. The fourth-order valence-electron chi connectivity index (χ4n) is 10.8. The van der Waals surface area contributed by atoms with Crippen molar-refractivity contribution in [3.05, 3.63) is 89.3 Å². The van der Waals surface area contributed by atoms with E-state index in [1.54, 1.807) is 6.92 Å². The van der Waals surface area contributed by atoms with Crippen LogP contribution in [-0.2, 0) is 19.1 Å². The third-order valence-corrected chi connectivity index (χ3v) is 14.9. The maximum absolute atomic E-state index is 13.7. The molecule has 2 unspecified atom stereocenters. The first kappa shape index (κ1) is 53.2. The number of ether oxygens (including phenoxy) is 2. The number of nitrogens with zero attached hydrogens (tertiary/aromatic N) is 4. The predicted molar refractivity (Wildman–Crippen MR) is 267 cm³/mol. The molecule has 1 aliphatic carbocycles. The number of allylic oxidation sites excluding steroid dienone is 4. The second-order valence-electron chi connectivity index (χ2n) is 20.3. The van der Waals surface area contributed by atoms with Crippen molar-refractivity contribution < 1.29 is 29.0 Å². The zero-order valence-electron chi connectivity index (χ0n) is 42.2. The first-order valence-corrected chi connectivity index (χ1v) is 24.7. The van der Waals surface area contributed by atoms with Gasteiger partial charge < -0.3 is 35.2 Å². The summed E-state index contributed by atoms with van der Waals surface area (Å²) in [6.45, 7) is 23.4. The number of hydrogen-bond acceptors (Lipinski definition) is 6. The van der Waals surface area contributed by atoms with Crippen molar-refractivity contribution in [1.82, 2.24) is 9.97 Å². The average Bonchev–Trinajstić information content (AvgIpc) is 4.00. The van der Waals surface area contributed by atoms with E-state index in [2.05, 4.69) is 55.4 Å². The fourth-order valence-corrected chi connectivity index (χ4v) is 10.8. The van der Waals surface area contributed by atoms with E-state index in [-0.39, 0.29) is 65.6 Å². The van der Waals surface area contributed by atoms with Gasteiger partial charge >= 0.3 is 35.0 Å². The molecule has 4 aliphatic rings. The Morgan fingerprint density at radius 2 is 1.50 bits per heavy atom. The van der Waals surface area contributed by atoms with Gasteiger partial charge in [0.15, 0.2) is 5.78 Å². The molecule has 0 saturated carbocycles. The summed E-state index contributed by atoms with van der Waals surface area (Å²) in [4.78, 5) is 50.5. The van der Waals surface area contributed by atoms with Gasteiger partial charge in [-0.15, -0.1) is 27.8 Å². The van der Waals surface area contributed by atoms with Crippen LogP contribution in [0.4, 0.5) is 0 Å². The van der Waals surface area contributed by atoms with Gasteiger partial charge in [0.25, 0.3) is 0 Å². The van der Waals surface area contributed by atoms with Crippen LogP contribution in [-0.4, -0.2) is 65.6 Å². The molecule has 3 aliphatic heterocycles. The number of carbonyl (C=O) groups is 3. The van der Waals surface area contributed by atoms with Crippen LogP contribution in [0.2, 0.25) is 0 Å². The van der Waals surface area contributed by atoms with Crippen LogP contribution >= 0.6 is 0 Å². The molecule has 2 aromatic rings. The molecular weight excluding hydrogens is 837 g/mol. The Morgan fingerprint density at radius 1 is 0.848 bits per heavy atom. The van der Waals surface area contributed by atoms with Crippen molar-refractivity contribution in [3.63, 3.8) is 0 Å². The number of aromatic nitrogens is 2. The molecule has 1 saturated heterocycles. The number of methoxy groups -OCH3 is 1. The number of fused-ring (bicyclic) bond motifs is 8. The van der Waals surface area contributed by atoms with Crippen LogP contribution in [0.3, 0.4) is 0 Å². The summed E-state index contributed by atoms with van der Waals surface area (Å²) < 4.78 is 11.1. The van der Waals surface area contributed by atoms with E-state index in [9.17, 15) is 19.5 Å². The molecule has 0 radical (unpaired) electrons. The second-order valence-corrected chi connectivity index (χ2v) is 20.3. The van der Waals surface area contributed by atoms with E-state index in [1.165, 1.54) is 57.6 Å². The minimum absolute atomic E-state index is 0. The summed E-state index contributed by atoms with van der Waals surface area (Å²) >= 11 is 0. The Kier molecular flexibility index (Phi) is 18.9. The number of aliphatic hydroxyl groups excluding tert-OH is 1. The Bertz CT molecular complexity index is 2340. The van der Waals surface area contributed by atoms with Gasteiger partial charge in [0, 0.05) is 12.0 Å². The molecule has 10 nitrogen and oxygen atoms in total. The summed E-state index contributed by atoms with van der Waals surface area (Å²) in [5.74, 6) is -0.0696. The third-order valence-electron chi connectivity index (χ3n) is 14.9. The maximum Gasteiger partial charge on any atom is 2.00 e. The van der Waals surface area contributed by atoms with Crippen LogP contribution < -0.4 is 20.7 Å². The van der Waals surface area contributed by atoms with Crippen molar-refractivity contribution in [1.29, 1.82) is 0 Å². The predicted octanol–water partition coefficient (Wildman–Crippen LogP) is 10.6.